The lowest BCUT2D eigenvalue weighted by atomic mass is 10.1. The molecule has 5 heteroatoms. The van der Waals surface area contributed by atoms with Gasteiger partial charge in [-0.25, -0.2) is 0 Å². The van der Waals surface area contributed by atoms with Crippen LogP contribution in [0.5, 0.6) is 5.75 Å². The van der Waals surface area contributed by atoms with E-state index in [9.17, 15) is 4.79 Å². The number of nitrogens with zero attached hydrogens (tertiary/aromatic N) is 1. The number of ether oxygens (including phenoxy) is 2. The Morgan fingerprint density at radius 3 is 2.74 bits per heavy atom. The predicted octanol–water partition coefficient (Wildman–Crippen LogP) is 1.15. The molecule has 1 aromatic carbocycles. The Morgan fingerprint density at radius 1 is 1.42 bits per heavy atom. The first-order valence-electron chi connectivity index (χ1n) is 6.30. The minimum Gasteiger partial charge on any atom is -0.496 e. The van der Waals surface area contributed by atoms with Gasteiger partial charge in [-0.15, -0.1) is 0 Å². The number of benzene rings is 1. The van der Waals surface area contributed by atoms with E-state index in [1.54, 1.807) is 14.0 Å². The van der Waals surface area contributed by atoms with Crippen molar-refractivity contribution in [2.45, 2.75) is 20.0 Å². The first-order valence-corrected chi connectivity index (χ1v) is 6.30. The Labute approximate surface area is 114 Å². The molecule has 0 aliphatic rings. The van der Waals surface area contributed by atoms with Gasteiger partial charge in [0.2, 0.25) is 0 Å². The van der Waals surface area contributed by atoms with Crippen LogP contribution in [0, 0.1) is 0 Å². The molecule has 0 atom stereocenters. The summed E-state index contributed by atoms with van der Waals surface area (Å²) in [6.45, 7) is 3.54. The van der Waals surface area contributed by atoms with E-state index >= 15 is 0 Å². The average Bonchev–Trinajstić information content (AvgIpc) is 2.38. The molecular weight excluding hydrogens is 244 g/mol. The predicted molar refractivity (Wildman–Crippen MR) is 73.9 cm³/mol. The Balaban J connectivity index is 2.71. The van der Waals surface area contributed by atoms with E-state index in [1.807, 2.05) is 30.1 Å². The van der Waals surface area contributed by atoms with Crippen molar-refractivity contribution in [1.29, 1.82) is 0 Å². The molecule has 0 spiro atoms. The minimum atomic E-state index is -0.223. The molecule has 1 aromatic rings. The molecule has 19 heavy (non-hydrogen) atoms. The fourth-order valence-corrected chi connectivity index (χ4v) is 1.86. The van der Waals surface area contributed by atoms with Gasteiger partial charge < -0.3 is 15.2 Å². The zero-order valence-electron chi connectivity index (χ0n) is 11.8. The second kappa shape index (κ2) is 7.76. The molecule has 0 saturated heterocycles. The average molecular weight is 266 g/mol. The van der Waals surface area contributed by atoms with E-state index in [0.717, 1.165) is 16.9 Å². The molecule has 0 heterocycles. The molecule has 0 saturated carbocycles. The summed E-state index contributed by atoms with van der Waals surface area (Å²) in [5, 5.41) is 0. The third-order valence-electron chi connectivity index (χ3n) is 2.73. The number of esters is 1. The van der Waals surface area contributed by atoms with Crippen LogP contribution >= 0.6 is 0 Å². The molecule has 5 nitrogen and oxygen atoms in total. The molecule has 0 aliphatic heterocycles. The van der Waals surface area contributed by atoms with Crippen LogP contribution in [0.3, 0.4) is 0 Å². The Bertz CT molecular complexity index is 421. The van der Waals surface area contributed by atoms with Gasteiger partial charge in [-0.2, -0.15) is 0 Å². The quantitative estimate of drug-likeness (QED) is 0.750. The fourth-order valence-electron chi connectivity index (χ4n) is 1.86. The van der Waals surface area contributed by atoms with E-state index in [1.165, 1.54) is 0 Å². The van der Waals surface area contributed by atoms with Crippen LogP contribution in [0.4, 0.5) is 0 Å². The topological polar surface area (TPSA) is 64.8 Å². The van der Waals surface area contributed by atoms with E-state index < -0.39 is 0 Å². The highest BCUT2D eigenvalue weighted by atomic mass is 16.5. The van der Waals surface area contributed by atoms with Gasteiger partial charge in [-0.3, -0.25) is 9.69 Å². The molecular formula is C14H22N2O3. The first-order chi connectivity index (χ1) is 9.10. The van der Waals surface area contributed by atoms with Gasteiger partial charge in [0.15, 0.2) is 0 Å². The monoisotopic (exact) mass is 266 g/mol. The van der Waals surface area contributed by atoms with Crippen molar-refractivity contribution >= 4 is 5.97 Å². The number of hydrogen-bond acceptors (Lipinski definition) is 5. The fraction of sp³-hybridized carbons (Fsp3) is 0.500. The summed E-state index contributed by atoms with van der Waals surface area (Å²) in [5.41, 5.74) is 7.69. The van der Waals surface area contributed by atoms with E-state index in [-0.39, 0.29) is 12.5 Å². The van der Waals surface area contributed by atoms with Crippen molar-refractivity contribution in [2.24, 2.45) is 5.73 Å². The van der Waals surface area contributed by atoms with E-state index in [0.29, 0.717) is 19.7 Å². The molecule has 0 amide bonds. The van der Waals surface area contributed by atoms with Crippen LogP contribution in [0.1, 0.15) is 18.1 Å². The number of rotatable bonds is 7. The zero-order valence-corrected chi connectivity index (χ0v) is 11.8. The molecule has 0 radical (unpaired) electrons. The van der Waals surface area contributed by atoms with Crippen molar-refractivity contribution in [3.05, 3.63) is 29.3 Å². The molecule has 0 unspecified atom stereocenters. The SMILES string of the molecule is CCOC(=O)CN(C)Cc1cc(CN)ccc1OC. The standard InChI is InChI=1S/C14H22N2O3/c1-4-19-14(17)10-16(2)9-12-7-11(8-15)5-6-13(12)18-3/h5-7H,4,8-10,15H2,1-3H3. The Morgan fingerprint density at radius 2 is 2.16 bits per heavy atom. The second-order valence-electron chi connectivity index (χ2n) is 4.33. The van der Waals surface area contributed by atoms with Crippen LogP contribution in [0.25, 0.3) is 0 Å². The third-order valence-corrected chi connectivity index (χ3v) is 2.73. The van der Waals surface area contributed by atoms with E-state index in [2.05, 4.69) is 0 Å². The highest BCUT2D eigenvalue weighted by Gasteiger charge is 2.11. The zero-order chi connectivity index (χ0) is 14.3. The number of carbonyl (C=O) groups is 1. The Hall–Kier alpha value is -1.59. The number of hydrogen-bond donors (Lipinski definition) is 1. The smallest absolute Gasteiger partial charge is 0.320 e. The van der Waals surface area contributed by atoms with Gasteiger partial charge in [0.25, 0.3) is 0 Å². The van der Waals surface area contributed by atoms with Crippen LogP contribution in [-0.4, -0.2) is 38.2 Å². The van der Waals surface area contributed by atoms with Crippen LogP contribution < -0.4 is 10.5 Å². The minimum absolute atomic E-state index is 0.223. The number of methoxy groups -OCH3 is 1. The second-order valence-corrected chi connectivity index (χ2v) is 4.33. The van der Waals surface area contributed by atoms with Crippen molar-refractivity contribution in [3.63, 3.8) is 0 Å². The summed E-state index contributed by atoms with van der Waals surface area (Å²) in [6, 6.07) is 5.84. The van der Waals surface area contributed by atoms with Crippen molar-refractivity contribution in [1.82, 2.24) is 4.90 Å². The lowest BCUT2D eigenvalue weighted by Gasteiger charge is -2.18. The summed E-state index contributed by atoms with van der Waals surface area (Å²) in [4.78, 5) is 13.3. The number of carbonyl (C=O) groups excluding carboxylic acids is 1. The van der Waals surface area contributed by atoms with E-state index in [4.69, 9.17) is 15.2 Å². The lowest BCUT2D eigenvalue weighted by molar-refractivity contribution is -0.144. The summed E-state index contributed by atoms with van der Waals surface area (Å²) >= 11 is 0. The molecule has 1 rings (SSSR count). The van der Waals surface area contributed by atoms with Crippen LogP contribution in [-0.2, 0) is 22.6 Å². The lowest BCUT2D eigenvalue weighted by Crippen LogP contribution is -2.27. The normalized spacial score (nSPS) is 10.6. The van der Waals surface area contributed by atoms with Gasteiger partial charge >= 0.3 is 5.97 Å². The molecule has 0 fully saturated rings. The number of likely N-dealkylation sites (N-methyl/N-ethyl adjacent to an activating group) is 1. The maximum atomic E-state index is 11.4. The molecule has 0 bridgehead atoms. The van der Waals surface area contributed by atoms with Gasteiger partial charge in [0.1, 0.15) is 5.75 Å². The molecule has 0 aromatic heterocycles. The van der Waals surface area contributed by atoms with Crippen molar-refractivity contribution in [3.8, 4) is 5.75 Å². The van der Waals surface area contributed by atoms with Gasteiger partial charge in [0, 0.05) is 18.7 Å². The van der Waals surface area contributed by atoms with Crippen LogP contribution in [0.15, 0.2) is 18.2 Å². The summed E-state index contributed by atoms with van der Waals surface area (Å²) in [7, 11) is 3.50. The first kappa shape index (κ1) is 15.5. The van der Waals surface area contributed by atoms with Crippen molar-refractivity contribution in [2.75, 3.05) is 27.3 Å². The maximum Gasteiger partial charge on any atom is 0.320 e. The van der Waals surface area contributed by atoms with Crippen molar-refractivity contribution < 1.29 is 14.3 Å². The summed E-state index contributed by atoms with van der Waals surface area (Å²) in [6.07, 6.45) is 0. The highest BCUT2D eigenvalue weighted by molar-refractivity contribution is 5.71. The largest absolute Gasteiger partial charge is 0.496 e. The molecule has 106 valence electrons. The van der Waals surface area contributed by atoms with Gasteiger partial charge in [0.05, 0.1) is 20.3 Å². The Kier molecular flexibility index (Phi) is 6.32. The number of nitrogens with two attached hydrogens (primary N) is 1. The molecule has 2 N–H and O–H groups in total. The highest BCUT2D eigenvalue weighted by Crippen LogP contribution is 2.21. The van der Waals surface area contributed by atoms with Crippen LogP contribution in [0.2, 0.25) is 0 Å². The molecule has 0 aliphatic carbocycles. The van der Waals surface area contributed by atoms with Gasteiger partial charge in [-0.1, -0.05) is 6.07 Å². The third kappa shape index (κ3) is 4.89. The maximum absolute atomic E-state index is 11.4. The summed E-state index contributed by atoms with van der Waals surface area (Å²) < 4.78 is 10.2. The van der Waals surface area contributed by atoms with Gasteiger partial charge in [-0.05, 0) is 31.7 Å². The summed E-state index contributed by atoms with van der Waals surface area (Å²) in [5.74, 6) is 0.576.